The van der Waals surface area contributed by atoms with Crippen molar-refractivity contribution in [3.05, 3.63) is 108 Å². The molecule has 8 heteroatoms. The summed E-state index contributed by atoms with van der Waals surface area (Å²) >= 11 is 6.02. The van der Waals surface area contributed by atoms with Crippen LogP contribution >= 0.6 is 11.6 Å². The lowest BCUT2D eigenvalue weighted by molar-refractivity contribution is -0.145. The molecular formula is C31H27ClN4O3. The van der Waals surface area contributed by atoms with Crippen LogP contribution in [0.15, 0.2) is 97.3 Å². The maximum absolute atomic E-state index is 12.6. The molecule has 0 aliphatic heterocycles. The van der Waals surface area contributed by atoms with E-state index in [1.165, 1.54) is 0 Å². The molecule has 1 amide bonds. The SMILES string of the molecule is CCOC(=O)CC(=O)Nc1c(Nc2ccc(-c3nccn3Cc3ccc(Cl)cc3)cc2)ccc2ccccc12. The lowest BCUT2D eigenvalue weighted by atomic mass is 10.1. The van der Waals surface area contributed by atoms with E-state index >= 15 is 0 Å². The van der Waals surface area contributed by atoms with Crippen molar-refractivity contribution in [1.82, 2.24) is 9.55 Å². The zero-order chi connectivity index (χ0) is 27.2. The maximum Gasteiger partial charge on any atom is 0.315 e. The number of hydrogen-bond acceptors (Lipinski definition) is 5. The minimum atomic E-state index is -0.560. The monoisotopic (exact) mass is 538 g/mol. The van der Waals surface area contributed by atoms with Crippen molar-refractivity contribution in [2.45, 2.75) is 19.9 Å². The van der Waals surface area contributed by atoms with Crippen molar-refractivity contribution in [1.29, 1.82) is 0 Å². The molecule has 0 unspecified atom stereocenters. The Kier molecular flexibility index (Phi) is 7.89. The number of rotatable bonds is 9. The summed E-state index contributed by atoms with van der Waals surface area (Å²) in [5.74, 6) is -0.139. The van der Waals surface area contributed by atoms with Crippen LogP contribution in [-0.2, 0) is 20.9 Å². The van der Waals surface area contributed by atoms with Gasteiger partial charge >= 0.3 is 5.97 Å². The molecule has 0 aliphatic carbocycles. The second kappa shape index (κ2) is 11.8. The number of halogens is 1. The largest absolute Gasteiger partial charge is 0.466 e. The highest BCUT2D eigenvalue weighted by molar-refractivity contribution is 6.30. The fourth-order valence-corrected chi connectivity index (χ4v) is 4.50. The number of nitrogens with zero attached hydrogens (tertiary/aromatic N) is 2. The second-order valence-electron chi connectivity index (χ2n) is 8.95. The number of esters is 1. The van der Waals surface area contributed by atoms with E-state index in [9.17, 15) is 9.59 Å². The molecule has 5 rings (SSSR count). The molecule has 7 nitrogen and oxygen atoms in total. The number of aromatic nitrogens is 2. The maximum atomic E-state index is 12.6. The number of anilines is 3. The van der Waals surface area contributed by atoms with Gasteiger partial charge in [-0.2, -0.15) is 0 Å². The van der Waals surface area contributed by atoms with E-state index < -0.39 is 11.9 Å². The summed E-state index contributed by atoms with van der Waals surface area (Å²) in [4.78, 5) is 29.1. The molecular weight excluding hydrogens is 512 g/mol. The first-order valence-corrected chi connectivity index (χ1v) is 13.0. The van der Waals surface area contributed by atoms with Gasteiger partial charge in [-0.15, -0.1) is 0 Å². The summed E-state index contributed by atoms with van der Waals surface area (Å²) in [6.07, 6.45) is 3.39. The Labute approximate surface area is 231 Å². The van der Waals surface area contributed by atoms with Gasteiger partial charge in [-0.05, 0) is 60.3 Å². The lowest BCUT2D eigenvalue weighted by Crippen LogP contribution is -2.19. The Morgan fingerprint density at radius 1 is 0.949 bits per heavy atom. The Morgan fingerprint density at radius 2 is 1.72 bits per heavy atom. The molecule has 0 aliphatic rings. The highest BCUT2D eigenvalue weighted by Gasteiger charge is 2.15. The van der Waals surface area contributed by atoms with Gasteiger partial charge < -0.3 is 19.9 Å². The smallest absolute Gasteiger partial charge is 0.315 e. The quantitative estimate of drug-likeness (QED) is 0.155. The Bertz CT molecular complexity index is 1610. The summed E-state index contributed by atoms with van der Waals surface area (Å²) in [6, 6.07) is 27.4. The number of hydrogen-bond donors (Lipinski definition) is 2. The summed E-state index contributed by atoms with van der Waals surface area (Å²) in [5.41, 5.74) is 4.25. The van der Waals surface area contributed by atoms with Crippen LogP contribution in [0, 0.1) is 0 Å². The van der Waals surface area contributed by atoms with Gasteiger partial charge in [0, 0.05) is 40.6 Å². The first-order chi connectivity index (χ1) is 19.0. The third kappa shape index (κ3) is 6.27. The third-order valence-corrected chi connectivity index (χ3v) is 6.46. The van der Waals surface area contributed by atoms with E-state index in [-0.39, 0.29) is 13.0 Å². The van der Waals surface area contributed by atoms with Gasteiger partial charge in [0.1, 0.15) is 12.2 Å². The summed E-state index contributed by atoms with van der Waals surface area (Å²) < 4.78 is 7.01. The van der Waals surface area contributed by atoms with Crippen LogP contribution in [0.3, 0.4) is 0 Å². The predicted octanol–water partition coefficient (Wildman–Crippen LogP) is 7.04. The molecule has 0 atom stereocenters. The fraction of sp³-hybridized carbons (Fsp3) is 0.129. The normalized spacial score (nSPS) is 10.8. The Morgan fingerprint density at radius 3 is 2.49 bits per heavy atom. The molecule has 196 valence electrons. The van der Waals surface area contributed by atoms with E-state index in [1.54, 1.807) is 13.1 Å². The molecule has 4 aromatic carbocycles. The number of carbonyl (C=O) groups excluding carboxylic acids is 2. The number of benzene rings is 4. The molecule has 1 aromatic heterocycles. The predicted molar refractivity (Wildman–Crippen MR) is 155 cm³/mol. The highest BCUT2D eigenvalue weighted by atomic mass is 35.5. The molecule has 39 heavy (non-hydrogen) atoms. The molecule has 0 bridgehead atoms. The molecule has 2 N–H and O–H groups in total. The molecule has 0 spiro atoms. The van der Waals surface area contributed by atoms with Crippen LogP contribution in [0.1, 0.15) is 18.9 Å². The Balaban J connectivity index is 1.37. The first-order valence-electron chi connectivity index (χ1n) is 12.6. The van der Waals surface area contributed by atoms with Gasteiger partial charge in [-0.25, -0.2) is 4.98 Å². The minimum Gasteiger partial charge on any atom is -0.466 e. The van der Waals surface area contributed by atoms with Crippen LogP contribution in [0.2, 0.25) is 5.02 Å². The molecule has 1 heterocycles. The summed E-state index contributed by atoms with van der Waals surface area (Å²) in [7, 11) is 0. The van der Waals surface area contributed by atoms with Crippen molar-refractivity contribution in [2.24, 2.45) is 0 Å². The second-order valence-corrected chi connectivity index (χ2v) is 9.38. The van der Waals surface area contributed by atoms with Crippen LogP contribution in [0.25, 0.3) is 22.2 Å². The lowest BCUT2D eigenvalue weighted by Gasteiger charge is -2.16. The zero-order valence-electron chi connectivity index (χ0n) is 21.4. The Hall–Kier alpha value is -4.62. The van der Waals surface area contributed by atoms with E-state index in [0.717, 1.165) is 33.4 Å². The number of nitrogens with one attached hydrogen (secondary N) is 2. The average Bonchev–Trinajstić information content (AvgIpc) is 3.40. The van der Waals surface area contributed by atoms with Crippen molar-refractivity contribution in [3.63, 3.8) is 0 Å². The fourth-order valence-electron chi connectivity index (χ4n) is 4.38. The number of ether oxygens (including phenoxy) is 1. The van der Waals surface area contributed by atoms with Gasteiger partial charge in [0.15, 0.2) is 0 Å². The van der Waals surface area contributed by atoms with Gasteiger partial charge in [-0.3, -0.25) is 9.59 Å². The van der Waals surface area contributed by atoms with Crippen LogP contribution in [-0.4, -0.2) is 28.0 Å². The molecule has 0 fully saturated rings. The minimum absolute atomic E-state index is 0.227. The van der Waals surface area contributed by atoms with Gasteiger partial charge in [0.2, 0.25) is 5.91 Å². The van der Waals surface area contributed by atoms with Gasteiger partial charge in [0.25, 0.3) is 0 Å². The third-order valence-electron chi connectivity index (χ3n) is 6.21. The van der Waals surface area contributed by atoms with Crippen LogP contribution in [0.5, 0.6) is 0 Å². The number of amides is 1. The topological polar surface area (TPSA) is 85.2 Å². The molecule has 0 saturated carbocycles. The van der Waals surface area contributed by atoms with Gasteiger partial charge in [0.05, 0.1) is 18.0 Å². The number of imidazole rings is 1. The van der Waals surface area contributed by atoms with Crippen molar-refractivity contribution >= 4 is 51.3 Å². The number of carbonyl (C=O) groups is 2. The standard InChI is InChI=1S/C31H27ClN4O3/c1-2-39-29(38)19-28(37)35-30-26-6-4-3-5-22(26)11-16-27(30)34-25-14-9-23(10-15-25)31-33-17-18-36(31)20-21-7-12-24(32)13-8-21/h3-18,34H,2,19-20H2,1H3,(H,35,37). The highest BCUT2D eigenvalue weighted by Crippen LogP contribution is 2.34. The molecule has 0 radical (unpaired) electrons. The van der Waals surface area contributed by atoms with E-state index in [2.05, 4.69) is 20.2 Å². The van der Waals surface area contributed by atoms with Crippen molar-refractivity contribution in [2.75, 3.05) is 17.2 Å². The van der Waals surface area contributed by atoms with E-state index in [4.69, 9.17) is 16.3 Å². The van der Waals surface area contributed by atoms with Crippen molar-refractivity contribution in [3.8, 4) is 11.4 Å². The van der Waals surface area contributed by atoms with Gasteiger partial charge in [-0.1, -0.05) is 54.1 Å². The van der Waals surface area contributed by atoms with E-state index in [1.807, 2.05) is 91.1 Å². The average molecular weight is 539 g/mol. The molecule has 5 aromatic rings. The zero-order valence-corrected chi connectivity index (χ0v) is 22.1. The van der Waals surface area contributed by atoms with Crippen LogP contribution in [0.4, 0.5) is 17.1 Å². The molecule has 0 saturated heterocycles. The summed E-state index contributed by atoms with van der Waals surface area (Å²) in [6.45, 7) is 2.61. The van der Waals surface area contributed by atoms with Crippen LogP contribution < -0.4 is 10.6 Å². The number of fused-ring (bicyclic) bond motifs is 1. The van der Waals surface area contributed by atoms with Crippen molar-refractivity contribution < 1.29 is 14.3 Å². The van der Waals surface area contributed by atoms with E-state index in [0.29, 0.717) is 22.9 Å². The summed E-state index contributed by atoms with van der Waals surface area (Å²) in [5, 5.41) is 8.86. The first kappa shape index (κ1) is 26.0.